The first kappa shape index (κ1) is 6.75. The van der Waals surface area contributed by atoms with Crippen LogP contribution in [0.25, 0.3) is 0 Å². The molecule has 0 bridgehead atoms. The van der Waals surface area contributed by atoms with E-state index in [9.17, 15) is 5.11 Å². The molecule has 1 fully saturated rings. The summed E-state index contributed by atoms with van der Waals surface area (Å²) in [5.74, 6) is 0. The zero-order chi connectivity index (χ0) is 7.07. The second kappa shape index (κ2) is 1.81. The lowest BCUT2D eigenvalue weighted by Crippen LogP contribution is -2.24. The molecule has 52 valence electrons. The van der Waals surface area contributed by atoms with E-state index in [1.54, 1.807) is 13.8 Å². The molecule has 9 heavy (non-hydrogen) atoms. The van der Waals surface area contributed by atoms with E-state index in [0.717, 1.165) is 12.8 Å². The molecule has 2 nitrogen and oxygen atoms in total. The third-order valence-electron chi connectivity index (χ3n) is 2.34. The number of nitrogens with one attached hydrogen (secondary N) is 1. The van der Waals surface area contributed by atoms with Gasteiger partial charge in [0, 0.05) is 11.1 Å². The summed E-state index contributed by atoms with van der Waals surface area (Å²) in [6, 6.07) is 0. The largest absolute Gasteiger partial charge is 0.392 e. The van der Waals surface area contributed by atoms with Crippen molar-refractivity contribution < 1.29 is 5.11 Å². The van der Waals surface area contributed by atoms with Crippen LogP contribution in [0.3, 0.4) is 0 Å². The van der Waals surface area contributed by atoms with Crippen LogP contribution in [0.2, 0.25) is 0 Å². The van der Waals surface area contributed by atoms with Crippen LogP contribution in [0.1, 0.15) is 26.7 Å². The quantitative estimate of drug-likeness (QED) is 0.537. The highest BCUT2D eigenvalue weighted by atomic mass is 16.3. The van der Waals surface area contributed by atoms with Gasteiger partial charge in [0.25, 0.3) is 0 Å². The minimum Gasteiger partial charge on any atom is -0.392 e. The maximum atomic E-state index is 9.17. The van der Waals surface area contributed by atoms with Gasteiger partial charge < -0.3 is 10.5 Å². The van der Waals surface area contributed by atoms with E-state index in [4.69, 9.17) is 5.41 Å². The van der Waals surface area contributed by atoms with Crippen LogP contribution in [0, 0.1) is 10.8 Å². The van der Waals surface area contributed by atoms with Crippen molar-refractivity contribution in [2.45, 2.75) is 32.8 Å². The first-order valence-corrected chi connectivity index (χ1v) is 3.33. The Morgan fingerprint density at radius 1 is 1.67 bits per heavy atom. The van der Waals surface area contributed by atoms with Crippen molar-refractivity contribution in [1.82, 2.24) is 0 Å². The molecule has 1 atom stereocenters. The molecule has 1 aliphatic carbocycles. The zero-order valence-electron chi connectivity index (χ0n) is 5.94. The molecule has 0 heterocycles. The zero-order valence-corrected chi connectivity index (χ0v) is 5.94. The molecule has 0 saturated heterocycles. The summed E-state index contributed by atoms with van der Waals surface area (Å²) in [6.07, 6.45) is 1.68. The summed E-state index contributed by atoms with van der Waals surface area (Å²) in [5.41, 5.74) is 0.525. The topological polar surface area (TPSA) is 44.1 Å². The van der Waals surface area contributed by atoms with Gasteiger partial charge in [-0.1, -0.05) is 0 Å². The van der Waals surface area contributed by atoms with Crippen LogP contribution in [0.15, 0.2) is 0 Å². The fourth-order valence-electron chi connectivity index (χ4n) is 1.24. The molecule has 0 aromatic carbocycles. The SMILES string of the molecule is CC(=N)C1(C(C)O)CC1. The van der Waals surface area contributed by atoms with Crippen molar-refractivity contribution in [1.29, 1.82) is 5.41 Å². The molecular weight excluding hydrogens is 114 g/mol. The molecule has 0 aromatic heterocycles. The highest BCUT2D eigenvalue weighted by Gasteiger charge is 2.48. The third-order valence-corrected chi connectivity index (χ3v) is 2.34. The molecule has 0 radical (unpaired) electrons. The molecule has 1 aliphatic rings. The van der Waals surface area contributed by atoms with Crippen LogP contribution in [0.5, 0.6) is 0 Å². The second-order valence-corrected chi connectivity index (χ2v) is 2.96. The van der Waals surface area contributed by atoms with E-state index in [-0.39, 0.29) is 11.5 Å². The highest BCUT2D eigenvalue weighted by Crippen LogP contribution is 2.49. The molecular formula is C7H13NO. The molecule has 2 heteroatoms. The summed E-state index contributed by atoms with van der Waals surface area (Å²) in [6.45, 7) is 3.55. The average molecular weight is 127 g/mol. The van der Waals surface area contributed by atoms with Crippen LogP contribution in [0.4, 0.5) is 0 Å². The van der Waals surface area contributed by atoms with Crippen LogP contribution in [-0.2, 0) is 0 Å². The third kappa shape index (κ3) is 0.874. The van der Waals surface area contributed by atoms with Gasteiger partial charge in [0.1, 0.15) is 0 Å². The van der Waals surface area contributed by atoms with Crippen LogP contribution in [-0.4, -0.2) is 16.9 Å². The van der Waals surface area contributed by atoms with Gasteiger partial charge in [0.15, 0.2) is 0 Å². The number of aliphatic hydroxyl groups excluding tert-OH is 1. The maximum Gasteiger partial charge on any atom is 0.0620 e. The monoisotopic (exact) mass is 127 g/mol. The van der Waals surface area contributed by atoms with Crippen molar-refractivity contribution in [3.05, 3.63) is 0 Å². The maximum absolute atomic E-state index is 9.17. The Morgan fingerprint density at radius 3 is 2.11 bits per heavy atom. The Hall–Kier alpha value is -0.370. The number of rotatable bonds is 2. The lowest BCUT2D eigenvalue weighted by atomic mass is 9.96. The summed E-state index contributed by atoms with van der Waals surface area (Å²) in [4.78, 5) is 0. The Kier molecular flexibility index (Phi) is 1.35. The Balaban J connectivity index is 2.63. The van der Waals surface area contributed by atoms with Crippen molar-refractivity contribution in [2.24, 2.45) is 5.41 Å². The van der Waals surface area contributed by atoms with Gasteiger partial charge in [0.2, 0.25) is 0 Å². The van der Waals surface area contributed by atoms with E-state index in [1.807, 2.05) is 0 Å². The highest BCUT2D eigenvalue weighted by molar-refractivity contribution is 5.88. The van der Waals surface area contributed by atoms with E-state index in [1.165, 1.54) is 0 Å². The number of hydrogen-bond donors (Lipinski definition) is 2. The fourth-order valence-corrected chi connectivity index (χ4v) is 1.24. The summed E-state index contributed by atoms with van der Waals surface area (Å²) < 4.78 is 0. The molecule has 2 N–H and O–H groups in total. The standard InChI is InChI=1S/C7H13NO/c1-5(8)7(3-4-7)6(2)9/h6,8-9H,3-4H2,1-2H3. The fraction of sp³-hybridized carbons (Fsp3) is 0.857. The lowest BCUT2D eigenvalue weighted by Gasteiger charge is -2.15. The van der Waals surface area contributed by atoms with E-state index < -0.39 is 0 Å². The predicted molar refractivity (Wildman–Crippen MR) is 36.7 cm³/mol. The first-order valence-electron chi connectivity index (χ1n) is 3.33. The molecule has 0 amide bonds. The Bertz CT molecular complexity index is 136. The molecule has 1 saturated carbocycles. The van der Waals surface area contributed by atoms with E-state index in [2.05, 4.69) is 0 Å². The minimum atomic E-state index is -0.324. The van der Waals surface area contributed by atoms with E-state index >= 15 is 0 Å². The second-order valence-electron chi connectivity index (χ2n) is 2.96. The Labute approximate surface area is 55.4 Å². The lowest BCUT2D eigenvalue weighted by molar-refractivity contribution is 0.146. The van der Waals surface area contributed by atoms with Crippen molar-refractivity contribution in [3.8, 4) is 0 Å². The van der Waals surface area contributed by atoms with Gasteiger partial charge in [-0.2, -0.15) is 0 Å². The normalized spacial score (nSPS) is 25.2. The Morgan fingerprint density at radius 2 is 2.11 bits per heavy atom. The van der Waals surface area contributed by atoms with Gasteiger partial charge in [-0.25, -0.2) is 0 Å². The van der Waals surface area contributed by atoms with Gasteiger partial charge in [-0.3, -0.25) is 0 Å². The number of hydrogen-bond acceptors (Lipinski definition) is 2. The van der Waals surface area contributed by atoms with E-state index in [0.29, 0.717) is 5.71 Å². The molecule has 0 spiro atoms. The summed E-state index contributed by atoms with van der Waals surface area (Å²) in [5, 5.41) is 16.5. The first-order chi connectivity index (χ1) is 4.09. The summed E-state index contributed by atoms with van der Waals surface area (Å²) >= 11 is 0. The average Bonchev–Trinajstić information content (AvgIpc) is 2.40. The smallest absolute Gasteiger partial charge is 0.0620 e. The van der Waals surface area contributed by atoms with Crippen LogP contribution < -0.4 is 0 Å². The van der Waals surface area contributed by atoms with Gasteiger partial charge in [-0.05, 0) is 26.7 Å². The van der Waals surface area contributed by atoms with Crippen molar-refractivity contribution >= 4 is 5.71 Å². The predicted octanol–water partition coefficient (Wildman–Crippen LogP) is 1.19. The molecule has 0 aliphatic heterocycles. The molecule has 1 unspecified atom stereocenters. The number of aliphatic hydroxyl groups is 1. The minimum absolute atomic E-state index is 0.111. The van der Waals surface area contributed by atoms with Crippen LogP contribution >= 0.6 is 0 Å². The van der Waals surface area contributed by atoms with Crippen molar-refractivity contribution in [3.63, 3.8) is 0 Å². The van der Waals surface area contributed by atoms with Gasteiger partial charge in [-0.15, -0.1) is 0 Å². The molecule has 1 rings (SSSR count). The van der Waals surface area contributed by atoms with Gasteiger partial charge >= 0.3 is 0 Å². The molecule has 0 aromatic rings. The summed E-state index contributed by atoms with van der Waals surface area (Å²) in [7, 11) is 0. The van der Waals surface area contributed by atoms with Gasteiger partial charge in [0.05, 0.1) is 6.10 Å². The van der Waals surface area contributed by atoms with Crippen molar-refractivity contribution in [2.75, 3.05) is 0 Å².